The third kappa shape index (κ3) is 7.33. The fourth-order valence-electron chi connectivity index (χ4n) is 1.19. The van der Waals surface area contributed by atoms with Crippen LogP contribution in [0.5, 0.6) is 0 Å². The highest BCUT2D eigenvalue weighted by molar-refractivity contribution is 7.90. The lowest BCUT2D eigenvalue weighted by Crippen LogP contribution is -2.49. The molecule has 6 heteroatoms. The Morgan fingerprint density at radius 2 is 1.82 bits per heavy atom. The van der Waals surface area contributed by atoms with Gasteiger partial charge in [0.15, 0.2) is 0 Å². The summed E-state index contributed by atoms with van der Waals surface area (Å²) in [5.41, 5.74) is 5.10. The summed E-state index contributed by atoms with van der Waals surface area (Å²) in [5, 5.41) is 2.83. The van der Waals surface area contributed by atoms with Gasteiger partial charge in [-0.3, -0.25) is 4.79 Å². The van der Waals surface area contributed by atoms with Crippen molar-refractivity contribution >= 4 is 15.7 Å². The highest BCUT2D eigenvalue weighted by Gasteiger charge is 2.26. The maximum atomic E-state index is 11.8. The van der Waals surface area contributed by atoms with Crippen LogP contribution >= 0.6 is 0 Å². The van der Waals surface area contributed by atoms with Crippen LogP contribution in [0.3, 0.4) is 0 Å². The molecule has 102 valence electrons. The summed E-state index contributed by atoms with van der Waals surface area (Å²) in [6.07, 6.45) is 1.58. The smallest absolute Gasteiger partial charge is 0.224 e. The Morgan fingerprint density at radius 3 is 2.18 bits per heavy atom. The van der Waals surface area contributed by atoms with Crippen molar-refractivity contribution in [1.29, 1.82) is 0 Å². The average Bonchev–Trinajstić information content (AvgIpc) is 2.12. The number of carbonyl (C=O) groups excluding carboxylic acids is 1. The van der Waals surface area contributed by atoms with Gasteiger partial charge in [0.05, 0.1) is 5.75 Å². The Bertz CT molecular complexity index is 361. The molecule has 2 unspecified atom stereocenters. The van der Waals surface area contributed by atoms with Gasteiger partial charge in [0.25, 0.3) is 0 Å². The van der Waals surface area contributed by atoms with Crippen LogP contribution in [-0.2, 0) is 14.6 Å². The second kappa shape index (κ2) is 5.82. The molecule has 3 N–H and O–H groups in total. The van der Waals surface area contributed by atoms with E-state index in [0.717, 1.165) is 0 Å². The maximum absolute atomic E-state index is 11.8. The van der Waals surface area contributed by atoms with Gasteiger partial charge in [-0.2, -0.15) is 0 Å². The molecule has 0 saturated heterocycles. The molecule has 0 aromatic heterocycles. The van der Waals surface area contributed by atoms with Crippen LogP contribution in [0.1, 0.15) is 34.1 Å². The lowest BCUT2D eigenvalue weighted by atomic mass is 9.98. The minimum absolute atomic E-state index is 0.0623. The molecule has 0 bridgehead atoms. The number of nitrogens with one attached hydrogen (secondary N) is 1. The maximum Gasteiger partial charge on any atom is 0.224 e. The first kappa shape index (κ1) is 16.4. The quantitative estimate of drug-likeness (QED) is 0.722. The first-order valence-electron chi connectivity index (χ1n) is 5.70. The van der Waals surface area contributed by atoms with Gasteiger partial charge >= 0.3 is 0 Å². The SMILES string of the molecule is CC(N)C(C)C(=O)NC(C)(C)CCS(C)(=O)=O. The molecule has 0 saturated carbocycles. The molecular weight excluding hydrogens is 240 g/mol. The predicted octanol–water partition coefficient (Wildman–Crippen LogP) is 0.299. The van der Waals surface area contributed by atoms with Crippen molar-refractivity contribution in [3.8, 4) is 0 Å². The first-order chi connectivity index (χ1) is 7.44. The average molecular weight is 264 g/mol. The van der Waals surface area contributed by atoms with E-state index < -0.39 is 15.4 Å². The fourth-order valence-corrected chi connectivity index (χ4v) is 2.07. The number of rotatable bonds is 6. The Morgan fingerprint density at radius 1 is 1.35 bits per heavy atom. The van der Waals surface area contributed by atoms with Crippen molar-refractivity contribution in [2.75, 3.05) is 12.0 Å². The first-order valence-corrected chi connectivity index (χ1v) is 7.76. The molecule has 0 aliphatic rings. The minimum atomic E-state index is -3.01. The van der Waals surface area contributed by atoms with Gasteiger partial charge in [-0.25, -0.2) is 8.42 Å². The van der Waals surface area contributed by atoms with Crippen LogP contribution in [0.2, 0.25) is 0 Å². The molecule has 0 rings (SSSR count). The monoisotopic (exact) mass is 264 g/mol. The van der Waals surface area contributed by atoms with Crippen LogP contribution < -0.4 is 11.1 Å². The van der Waals surface area contributed by atoms with Gasteiger partial charge in [0.1, 0.15) is 9.84 Å². The molecule has 0 fully saturated rings. The van der Waals surface area contributed by atoms with Gasteiger partial charge in [0.2, 0.25) is 5.91 Å². The fraction of sp³-hybridized carbons (Fsp3) is 0.909. The lowest BCUT2D eigenvalue weighted by molar-refractivity contribution is -0.126. The van der Waals surface area contributed by atoms with Crippen molar-refractivity contribution < 1.29 is 13.2 Å². The van der Waals surface area contributed by atoms with Crippen LogP contribution in [0.4, 0.5) is 0 Å². The molecule has 0 aliphatic heterocycles. The van der Waals surface area contributed by atoms with E-state index in [2.05, 4.69) is 5.32 Å². The van der Waals surface area contributed by atoms with Crippen molar-refractivity contribution in [1.82, 2.24) is 5.32 Å². The third-order valence-electron chi connectivity index (χ3n) is 2.76. The minimum Gasteiger partial charge on any atom is -0.351 e. The summed E-state index contributed by atoms with van der Waals surface area (Å²) in [4.78, 5) is 11.8. The van der Waals surface area contributed by atoms with Crippen molar-refractivity contribution in [2.24, 2.45) is 11.7 Å². The molecule has 0 heterocycles. The normalized spacial score (nSPS) is 16.4. The molecule has 0 radical (unpaired) electrons. The highest BCUT2D eigenvalue weighted by atomic mass is 32.2. The van der Waals surface area contributed by atoms with E-state index in [0.29, 0.717) is 6.42 Å². The van der Waals surface area contributed by atoms with E-state index in [1.165, 1.54) is 6.26 Å². The molecule has 0 aromatic carbocycles. The standard InChI is InChI=1S/C11H24N2O3S/c1-8(9(2)12)10(14)13-11(3,4)6-7-17(5,15)16/h8-9H,6-7,12H2,1-5H3,(H,13,14). The molecule has 0 spiro atoms. The zero-order chi connectivity index (χ0) is 13.9. The predicted molar refractivity (Wildman–Crippen MR) is 69.4 cm³/mol. The van der Waals surface area contributed by atoms with E-state index in [9.17, 15) is 13.2 Å². The largest absolute Gasteiger partial charge is 0.351 e. The number of sulfone groups is 1. The van der Waals surface area contributed by atoms with Gasteiger partial charge in [-0.1, -0.05) is 6.92 Å². The van der Waals surface area contributed by atoms with Gasteiger partial charge in [-0.15, -0.1) is 0 Å². The molecule has 2 atom stereocenters. The van der Waals surface area contributed by atoms with Gasteiger partial charge in [0, 0.05) is 23.8 Å². The van der Waals surface area contributed by atoms with Crippen molar-refractivity contribution in [3.63, 3.8) is 0 Å². The van der Waals surface area contributed by atoms with Crippen LogP contribution in [0.25, 0.3) is 0 Å². The zero-order valence-electron chi connectivity index (χ0n) is 11.3. The van der Waals surface area contributed by atoms with Gasteiger partial charge < -0.3 is 11.1 Å². The van der Waals surface area contributed by atoms with Crippen LogP contribution in [0, 0.1) is 5.92 Å². The molecule has 5 nitrogen and oxygen atoms in total. The summed E-state index contributed by atoms with van der Waals surface area (Å²) in [5.74, 6) is -0.363. The van der Waals surface area contributed by atoms with Crippen LogP contribution in [-0.4, -0.2) is 37.9 Å². The summed E-state index contributed by atoms with van der Waals surface area (Å²) >= 11 is 0. The second-order valence-electron chi connectivity index (χ2n) is 5.40. The summed E-state index contributed by atoms with van der Waals surface area (Å²) in [6.45, 7) is 7.15. The number of nitrogens with two attached hydrogens (primary N) is 1. The van der Waals surface area contributed by atoms with E-state index >= 15 is 0 Å². The van der Waals surface area contributed by atoms with E-state index in [-0.39, 0.29) is 23.6 Å². The summed E-state index contributed by atoms with van der Waals surface area (Å²) in [6, 6.07) is -0.222. The highest BCUT2D eigenvalue weighted by Crippen LogP contribution is 2.12. The van der Waals surface area contributed by atoms with E-state index in [1.54, 1.807) is 13.8 Å². The van der Waals surface area contributed by atoms with Gasteiger partial charge in [-0.05, 0) is 27.2 Å². The third-order valence-corrected chi connectivity index (χ3v) is 3.71. The molecule has 0 aromatic rings. The molecule has 0 aliphatic carbocycles. The topological polar surface area (TPSA) is 89.3 Å². The Kier molecular flexibility index (Phi) is 5.61. The second-order valence-corrected chi connectivity index (χ2v) is 7.66. The van der Waals surface area contributed by atoms with Crippen molar-refractivity contribution in [3.05, 3.63) is 0 Å². The Hall–Kier alpha value is -0.620. The van der Waals surface area contributed by atoms with E-state index in [1.807, 2.05) is 13.8 Å². The number of hydrogen-bond donors (Lipinski definition) is 2. The molecule has 17 heavy (non-hydrogen) atoms. The Balaban J connectivity index is 4.40. The number of amides is 1. The molecule has 1 amide bonds. The summed E-state index contributed by atoms with van der Waals surface area (Å²) in [7, 11) is -3.01. The Labute approximate surface area is 104 Å². The number of hydrogen-bond acceptors (Lipinski definition) is 4. The van der Waals surface area contributed by atoms with E-state index in [4.69, 9.17) is 5.73 Å². The molecular formula is C11H24N2O3S. The van der Waals surface area contributed by atoms with Crippen molar-refractivity contribution in [2.45, 2.75) is 45.7 Å². The summed E-state index contributed by atoms with van der Waals surface area (Å²) < 4.78 is 22.1. The number of carbonyl (C=O) groups is 1. The zero-order valence-corrected chi connectivity index (χ0v) is 12.1. The van der Waals surface area contributed by atoms with Crippen LogP contribution in [0.15, 0.2) is 0 Å². The lowest BCUT2D eigenvalue weighted by Gasteiger charge is -2.28.